The lowest BCUT2D eigenvalue weighted by Gasteiger charge is -2.05. The maximum atomic E-state index is 6.00. The molecule has 84 valence electrons. The zero-order valence-corrected chi connectivity index (χ0v) is 11.9. The van der Waals surface area contributed by atoms with Crippen LogP contribution in [0.15, 0.2) is 27.7 Å². The van der Waals surface area contributed by atoms with E-state index in [0.717, 1.165) is 38.5 Å². The van der Waals surface area contributed by atoms with Gasteiger partial charge < -0.3 is 4.74 Å². The number of halogens is 2. The maximum Gasteiger partial charge on any atom is 0.164 e. The molecule has 0 bridgehead atoms. The van der Waals surface area contributed by atoms with Crippen LogP contribution in [0.5, 0.6) is 0 Å². The molecule has 0 saturated heterocycles. The van der Waals surface area contributed by atoms with E-state index in [1.165, 1.54) is 0 Å². The monoisotopic (exact) mass is 346 g/mol. The molecule has 0 amide bonds. The van der Waals surface area contributed by atoms with Gasteiger partial charge in [0.1, 0.15) is 5.76 Å². The van der Waals surface area contributed by atoms with Crippen molar-refractivity contribution >= 4 is 46.3 Å². The van der Waals surface area contributed by atoms with Crippen LogP contribution < -0.4 is 0 Å². The Labute approximate surface area is 114 Å². The number of hydrogen-bond donors (Lipinski definition) is 0. The molecule has 1 aromatic rings. The third kappa shape index (κ3) is 2.80. The highest BCUT2D eigenvalue weighted by atomic mass is 127. The molecule has 0 aromatic heterocycles. The molecule has 1 aliphatic heterocycles. The van der Waals surface area contributed by atoms with Crippen LogP contribution in [0.2, 0.25) is 5.02 Å². The summed E-state index contributed by atoms with van der Waals surface area (Å²) in [5, 5.41) is 0.760. The Balaban J connectivity index is 2.47. The van der Waals surface area contributed by atoms with Crippen molar-refractivity contribution in [2.45, 2.75) is 19.8 Å². The Kier molecular flexibility index (Phi) is 3.92. The summed E-state index contributed by atoms with van der Waals surface area (Å²) in [7, 11) is 0. The molecule has 1 aromatic carbocycles. The van der Waals surface area contributed by atoms with Crippen LogP contribution in [0.4, 0.5) is 0 Å². The van der Waals surface area contributed by atoms with Crippen molar-refractivity contribution in [1.29, 1.82) is 0 Å². The summed E-state index contributed by atoms with van der Waals surface area (Å²) in [6.45, 7) is 2.14. The summed E-state index contributed by atoms with van der Waals surface area (Å²) < 4.78 is 6.64. The summed E-state index contributed by atoms with van der Waals surface area (Å²) >= 11 is 8.21. The lowest BCUT2D eigenvalue weighted by molar-refractivity contribution is 0.335. The van der Waals surface area contributed by atoms with Crippen LogP contribution in [0.25, 0.3) is 12.2 Å². The van der Waals surface area contributed by atoms with Gasteiger partial charge in [-0.2, -0.15) is 0 Å². The minimum atomic E-state index is 0.760. The van der Waals surface area contributed by atoms with Crippen molar-refractivity contribution < 1.29 is 4.74 Å². The van der Waals surface area contributed by atoms with Gasteiger partial charge in [-0.05, 0) is 64.4 Å². The van der Waals surface area contributed by atoms with Gasteiger partial charge in [-0.1, -0.05) is 24.6 Å². The van der Waals surface area contributed by atoms with Crippen LogP contribution in [-0.4, -0.2) is 0 Å². The smallest absolute Gasteiger partial charge is 0.164 e. The zero-order chi connectivity index (χ0) is 11.5. The van der Waals surface area contributed by atoms with E-state index in [0.29, 0.717) is 0 Å². The van der Waals surface area contributed by atoms with Gasteiger partial charge in [0.15, 0.2) is 3.77 Å². The number of rotatable bonds is 2. The summed E-state index contributed by atoms with van der Waals surface area (Å²) in [6, 6.07) is 5.90. The zero-order valence-electron chi connectivity index (χ0n) is 8.97. The Hall–Kier alpha value is -0.480. The van der Waals surface area contributed by atoms with Gasteiger partial charge in [0, 0.05) is 11.4 Å². The largest absolute Gasteiger partial charge is 0.455 e. The predicted octanol–water partition coefficient (Wildman–Crippen LogP) is 5.24. The highest BCUT2D eigenvalue weighted by Crippen LogP contribution is 2.29. The molecular formula is C13H12ClIO. The summed E-state index contributed by atoms with van der Waals surface area (Å²) in [5.74, 6) is 1.00. The fourth-order valence-electron chi connectivity index (χ4n) is 1.65. The minimum absolute atomic E-state index is 0.760. The molecule has 0 aliphatic carbocycles. The maximum absolute atomic E-state index is 6.00. The van der Waals surface area contributed by atoms with Gasteiger partial charge in [0.05, 0.1) is 0 Å². The van der Waals surface area contributed by atoms with Crippen molar-refractivity contribution in [2.24, 2.45) is 0 Å². The van der Waals surface area contributed by atoms with Crippen molar-refractivity contribution in [2.75, 3.05) is 0 Å². The van der Waals surface area contributed by atoms with Crippen LogP contribution in [-0.2, 0) is 4.74 Å². The van der Waals surface area contributed by atoms with Gasteiger partial charge in [-0.3, -0.25) is 0 Å². The van der Waals surface area contributed by atoms with Crippen molar-refractivity contribution in [3.05, 3.63) is 43.9 Å². The number of ether oxygens (including phenoxy) is 1. The molecule has 0 saturated carbocycles. The lowest BCUT2D eigenvalue weighted by atomic mass is 10.1. The first-order valence-corrected chi connectivity index (χ1v) is 6.70. The molecule has 0 unspecified atom stereocenters. The lowest BCUT2D eigenvalue weighted by Crippen LogP contribution is -1.86. The predicted molar refractivity (Wildman–Crippen MR) is 77.4 cm³/mol. The Morgan fingerprint density at radius 2 is 2.06 bits per heavy atom. The molecule has 0 atom stereocenters. The molecule has 3 heteroatoms. The molecule has 1 heterocycles. The van der Waals surface area contributed by atoms with Gasteiger partial charge in [-0.15, -0.1) is 0 Å². The molecule has 0 spiro atoms. The van der Waals surface area contributed by atoms with E-state index in [9.17, 15) is 0 Å². The number of hydrogen-bond acceptors (Lipinski definition) is 1. The molecule has 0 radical (unpaired) electrons. The second-order valence-corrected chi connectivity index (χ2v) is 5.18. The second kappa shape index (κ2) is 5.23. The summed E-state index contributed by atoms with van der Waals surface area (Å²) in [5.41, 5.74) is 2.28. The normalized spacial score (nSPS) is 14.4. The third-order valence-corrected chi connectivity index (χ3v) is 3.13. The summed E-state index contributed by atoms with van der Waals surface area (Å²) in [4.78, 5) is 0. The number of fused-ring (bicyclic) bond motifs is 1. The SMILES string of the molecule is CCCC1=Cc2cc(Cl)ccc2C=C(I)O1. The van der Waals surface area contributed by atoms with Gasteiger partial charge in [-0.25, -0.2) is 0 Å². The third-order valence-electron chi connectivity index (χ3n) is 2.36. The first-order chi connectivity index (χ1) is 7.69. The van der Waals surface area contributed by atoms with E-state index in [1.54, 1.807) is 0 Å². The van der Waals surface area contributed by atoms with Crippen LogP contribution >= 0.6 is 34.2 Å². The minimum Gasteiger partial charge on any atom is -0.455 e. The summed E-state index contributed by atoms with van der Waals surface area (Å²) in [6.07, 6.45) is 6.14. The van der Waals surface area contributed by atoms with Gasteiger partial charge >= 0.3 is 0 Å². The van der Waals surface area contributed by atoms with Crippen molar-refractivity contribution in [1.82, 2.24) is 0 Å². The van der Waals surface area contributed by atoms with E-state index >= 15 is 0 Å². The molecule has 16 heavy (non-hydrogen) atoms. The standard InChI is InChI=1S/C13H12ClIO/c1-2-3-12-7-10-6-11(14)5-4-9(10)8-13(15)16-12/h4-8H,2-3H2,1H3. The van der Waals surface area contributed by atoms with Crippen molar-refractivity contribution in [3.8, 4) is 0 Å². The molecular weight excluding hydrogens is 334 g/mol. The Morgan fingerprint density at radius 1 is 1.25 bits per heavy atom. The molecule has 1 nitrogen and oxygen atoms in total. The fourth-order valence-corrected chi connectivity index (χ4v) is 2.45. The van der Waals surface area contributed by atoms with E-state index in [-0.39, 0.29) is 0 Å². The molecule has 1 aliphatic rings. The highest BCUT2D eigenvalue weighted by molar-refractivity contribution is 14.1. The van der Waals surface area contributed by atoms with Crippen LogP contribution in [0.3, 0.4) is 0 Å². The second-order valence-electron chi connectivity index (χ2n) is 3.68. The first kappa shape index (κ1) is 12.0. The first-order valence-electron chi connectivity index (χ1n) is 5.24. The topological polar surface area (TPSA) is 9.23 Å². The number of benzene rings is 1. The number of allylic oxidation sites excluding steroid dienone is 1. The Morgan fingerprint density at radius 3 is 2.81 bits per heavy atom. The fraction of sp³-hybridized carbons (Fsp3) is 0.231. The van der Waals surface area contributed by atoms with Crippen LogP contribution in [0, 0.1) is 0 Å². The quantitative estimate of drug-likeness (QED) is 0.665. The Bertz CT molecular complexity index is 463. The van der Waals surface area contributed by atoms with Crippen molar-refractivity contribution in [3.63, 3.8) is 0 Å². The average molecular weight is 347 g/mol. The molecule has 2 rings (SSSR count). The van der Waals surface area contributed by atoms with E-state index in [4.69, 9.17) is 16.3 Å². The van der Waals surface area contributed by atoms with E-state index < -0.39 is 0 Å². The van der Waals surface area contributed by atoms with E-state index in [1.807, 2.05) is 24.3 Å². The van der Waals surface area contributed by atoms with Gasteiger partial charge in [0.2, 0.25) is 0 Å². The highest BCUT2D eigenvalue weighted by Gasteiger charge is 2.09. The van der Waals surface area contributed by atoms with Crippen LogP contribution in [0.1, 0.15) is 30.9 Å². The van der Waals surface area contributed by atoms with E-state index in [2.05, 4.69) is 35.6 Å². The van der Waals surface area contributed by atoms with Gasteiger partial charge in [0.25, 0.3) is 0 Å². The average Bonchev–Trinajstić information content (AvgIpc) is 2.36. The molecule has 0 N–H and O–H groups in total. The molecule has 0 fully saturated rings.